The molecule has 6 nitrogen and oxygen atoms in total. The summed E-state index contributed by atoms with van der Waals surface area (Å²) in [6.07, 6.45) is 7.76. The maximum absolute atomic E-state index is 11.8. The lowest BCUT2D eigenvalue weighted by Crippen LogP contribution is -2.23. The molecule has 0 saturated carbocycles. The number of hydrogen-bond acceptors (Lipinski definition) is 4. The Labute approximate surface area is 138 Å². The number of nitrogens with one attached hydrogen (secondary N) is 2. The third-order valence-electron chi connectivity index (χ3n) is 3.54. The van der Waals surface area contributed by atoms with E-state index in [1.807, 2.05) is 19.1 Å². The number of unbranched alkanes of at least 4 members (excludes halogenated alkanes) is 4. The van der Waals surface area contributed by atoms with Crippen LogP contribution in [0.3, 0.4) is 0 Å². The van der Waals surface area contributed by atoms with E-state index in [1.165, 1.54) is 0 Å². The van der Waals surface area contributed by atoms with Gasteiger partial charge < -0.3 is 16.4 Å². The molecule has 0 radical (unpaired) electrons. The molecule has 0 bridgehead atoms. The molecule has 1 aromatic rings. The summed E-state index contributed by atoms with van der Waals surface area (Å²) < 4.78 is 0. The summed E-state index contributed by atoms with van der Waals surface area (Å²) in [7, 11) is 0. The van der Waals surface area contributed by atoms with Gasteiger partial charge in [0.2, 0.25) is 11.8 Å². The van der Waals surface area contributed by atoms with Crippen molar-refractivity contribution in [3.8, 4) is 0 Å². The fraction of sp³-hybridized carbons (Fsp3) is 0.588. The van der Waals surface area contributed by atoms with Crippen molar-refractivity contribution in [2.24, 2.45) is 5.73 Å². The van der Waals surface area contributed by atoms with Crippen LogP contribution in [0.15, 0.2) is 18.3 Å². The van der Waals surface area contributed by atoms with Crippen molar-refractivity contribution in [3.63, 3.8) is 0 Å². The van der Waals surface area contributed by atoms with Gasteiger partial charge in [-0.2, -0.15) is 0 Å². The second-order valence-corrected chi connectivity index (χ2v) is 5.51. The predicted molar refractivity (Wildman–Crippen MR) is 91.8 cm³/mol. The van der Waals surface area contributed by atoms with Gasteiger partial charge in [-0.3, -0.25) is 14.6 Å². The number of amides is 2. The molecule has 4 N–H and O–H groups in total. The summed E-state index contributed by atoms with van der Waals surface area (Å²) in [4.78, 5) is 27.0. The number of rotatable bonds is 11. The van der Waals surface area contributed by atoms with Crippen LogP contribution in [0, 0.1) is 0 Å². The van der Waals surface area contributed by atoms with Gasteiger partial charge in [0, 0.05) is 25.9 Å². The molecule has 0 aliphatic carbocycles. The van der Waals surface area contributed by atoms with Crippen molar-refractivity contribution in [3.05, 3.63) is 24.0 Å². The summed E-state index contributed by atoms with van der Waals surface area (Å²) in [6, 6.07) is 3.63. The van der Waals surface area contributed by atoms with Gasteiger partial charge in [-0.05, 0) is 25.0 Å². The molecule has 0 aromatic carbocycles. The van der Waals surface area contributed by atoms with Gasteiger partial charge in [0.15, 0.2) is 0 Å². The van der Waals surface area contributed by atoms with Crippen LogP contribution in [-0.4, -0.2) is 23.3 Å². The molecule has 0 fully saturated rings. The van der Waals surface area contributed by atoms with E-state index in [0.29, 0.717) is 25.1 Å². The van der Waals surface area contributed by atoms with Crippen molar-refractivity contribution in [1.82, 2.24) is 10.3 Å². The Morgan fingerprint density at radius 2 is 1.83 bits per heavy atom. The molecule has 1 aromatic heterocycles. The number of aromatic nitrogens is 1. The van der Waals surface area contributed by atoms with Crippen LogP contribution in [0.2, 0.25) is 0 Å². The number of hydrogen-bond donors (Lipinski definition) is 3. The van der Waals surface area contributed by atoms with E-state index < -0.39 is 0 Å². The Balaban J connectivity index is 2.02. The van der Waals surface area contributed by atoms with E-state index in [-0.39, 0.29) is 11.8 Å². The normalized spacial score (nSPS) is 10.3. The van der Waals surface area contributed by atoms with Gasteiger partial charge in [0.25, 0.3) is 0 Å². The van der Waals surface area contributed by atoms with Gasteiger partial charge in [0.1, 0.15) is 0 Å². The first-order chi connectivity index (χ1) is 11.2. The molecule has 0 saturated heterocycles. The highest BCUT2D eigenvalue weighted by atomic mass is 16.2. The minimum atomic E-state index is 0.0162. The van der Waals surface area contributed by atoms with Crippen LogP contribution in [-0.2, 0) is 16.1 Å². The van der Waals surface area contributed by atoms with Crippen molar-refractivity contribution in [1.29, 1.82) is 0 Å². The lowest BCUT2D eigenvalue weighted by atomic mass is 10.1. The zero-order valence-corrected chi connectivity index (χ0v) is 13.9. The molecule has 128 valence electrons. The SMILES string of the molecule is CCC(=O)NCCCCCCCC(=O)Nc1ccc(CN)nc1. The first kappa shape index (κ1) is 19.1. The summed E-state index contributed by atoms with van der Waals surface area (Å²) in [5.74, 6) is 0.123. The van der Waals surface area contributed by atoms with Crippen molar-refractivity contribution in [2.45, 2.75) is 58.4 Å². The quantitative estimate of drug-likeness (QED) is 0.545. The minimum Gasteiger partial charge on any atom is -0.356 e. The largest absolute Gasteiger partial charge is 0.356 e. The Hall–Kier alpha value is -1.95. The predicted octanol–water partition coefficient (Wildman–Crippen LogP) is 2.35. The van der Waals surface area contributed by atoms with Crippen molar-refractivity contribution in [2.75, 3.05) is 11.9 Å². The van der Waals surface area contributed by atoms with E-state index >= 15 is 0 Å². The third kappa shape index (κ3) is 8.93. The molecule has 23 heavy (non-hydrogen) atoms. The average molecular weight is 320 g/mol. The van der Waals surface area contributed by atoms with Gasteiger partial charge in [-0.1, -0.05) is 26.2 Å². The molecule has 6 heteroatoms. The second-order valence-electron chi connectivity index (χ2n) is 5.51. The van der Waals surface area contributed by atoms with Crippen LogP contribution in [0.4, 0.5) is 5.69 Å². The van der Waals surface area contributed by atoms with Crippen LogP contribution in [0.1, 0.15) is 57.6 Å². The van der Waals surface area contributed by atoms with E-state index in [1.54, 1.807) is 6.20 Å². The van der Waals surface area contributed by atoms with Gasteiger partial charge in [-0.15, -0.1) is 0 Å². The van der Waals surface area contributed by atoms with Crippen LogP contribution in [0.5, 0.6) is 0 Å². The molecule has 0 spiro atoms. The first-order valence-electron chi connectivity index (χ1n) is 8.37. The number of carbonyl (C=O) groups excluding carboxylic acids is 2. The number of nitrogens with zero attached hydrogens (tertiary/aromatic N) is 1. The molecule has 1 heterocycles. The zero-order valence-electron chi connectivity index (χ0n) is 13.9. The molecule has 1 rings (SSSR count). The van der Waals surface area contributed by atoms with E-state index in [2.05, 4.69) is 15.6 Å². The number of pyridine rings is 1. The molecule has 0 aliphatic rings. The smallest absolute Gasteiger partial charge is 0.224 e. The fourth-order valence-electron chi connectivity index (χ4n) is 2.14. The van der Waals surface area contributed by atoms with Crippen LogP contribution in [0.25, 0.3) is 0 Å². The Bertz CT molecular complexity index is 474. The standard InChI is InChI=1S/C17H28N4O2/c1-2-16(22)19-11-7-5-3-4-6-8-17(23)21-15-10-9-14(12-18)20-13-15/h9-10,13H,2-8,11-12,18H2,1H3,(H,19,22)(H,21,23). The number of carbonyl (C=O) groups is 2. The highest BCUT2D eigenvalue weighted by Crippen LogP contribution is 2.09. The summed E-state index contributed by atoms with van der Waals surface area (Å²) >= 11 is 0. The lowest BCUT2D eigenvalue weighted by molar-refractivity contribution is -0.120. The molecule has 0 atom stereocenters. The molecular formula is C17H28N4O2. The summed E-state index contributed by atoms with van der Waals surface area (Å²) in [6.45, 7) is 3.00. The molecule has 2 amide bonds. The summed E-state index contributed by atoms with van der Waals surface area (Å²) in [5.41, 5.74) is 6.99. The second kappa shape index (κ2) is 11.6. The van der Waals surface area contributed by atoms with Crippen LogP contribution < -0.4 is 16.4 Å². The third-order valence-corrected chi connectivity index (χ3v) is 3.54. The fourth-order valence-corrected chi connectivity index (χ4v) is 2.14. The Kier molecular flexibility index (Phi) is 9.63. The Morgan fingerprint density at radius 3 is 2.48 bits per heavy atom. The molecular weight excluding hydrogens is 292 g/mol. The van der Waals surface area contributed by atoms with E-state index in [0.717, 1.165) is 44.3 Å². The minimum absolute atomic E-state index is 0.0162. The van der Waals surface area contributed by atoms with E-state index in [9.17, 15) is 9.59 Å². The monoisotopic (exact) mass is 320 g/mol. The maximum Gasteiger partial charge on any atom is 0.224 e. The average Bonchev–Trinajstić information content (AvgIpc) is 2.57. The zero-order chi connectivity index (χ0) is 16.9. The van der Waals surface area contributed by atoms with Crippen molar-refractivity contribution < 1.29 is 9.59 Å². The van der Waals surface area contributed by atoms with Gasteiger partial charge in [-0.25, -0.2) is 0 Å². The maximum atomic E-state index is 11.8. The first-order valence-corrected chi connectivity index (χ1v) is 8.37. The summed E-state index contributed by atoms with van der Waals surface area (Å²) in [5, 5.41) is 5.69. The topological polar surface area (TPSA) is 97.1 Å². The van der Waals surface area contributed by atoms with Crippen molar-refractivity contribution >= 4 is 17.5 Å². The highest BCUT2D eigenvalue weighted by Gasteiger charge is 2.03. The highest BCUT2D eigenvalue weighted by molar-refractivity contribution is 5.90. The lowest BCUT2D eigenvalue weighted by Gasteiger charge is -2.06. The van der Waals surface area contributed by atoms with Gasteiger partial charge >= 0.3 is 0 Å². The molecule has 0 aliphatic heterocycles. The number of nitrogens with two attached hydrogens (primary N) is 1. The van der Waals surface area contributed by atoms with Gasteiger partial charge in [0.05, 0.1) is 17.6 Å². The Morgan fingerprint density at radius 1 is 1.09 bits per heavy atom. The number of anilines is 1. The van der Waals surface area contributed by atoms with Crippen LogP contribution >= 0.6 is 0 Å². The van der Waals surface area contributed by atoms with E-state index in [4.69, 9.17) is 5.73 Å². The molecule has 0 unspecified atom stereocenters.